The number of carbonyl (C=O) groups excluding carboxylic acids is 1. The van der Waals surface area contributed by atoms with E-state index in [1.807, 2.05) is 0 Å². The van der Waals surface area contributed by atoms with Crippen LogP contribution < -0.4 is 10.1 Å². The van der Waals surface area contributed by atoms with Gasteiger partial charge in [0.2, 0.25) is 5.91 Å². The number of aliphatic hydroxyl groups excluding tert-OH is 1. The van der Waals surface area contributed by atoms with Crippen LogP contribution in [0.25, 0.3) is 0 Å². The molecule has 2 rings (SSSR count). The van der Waals surface area contributed by atoms with Crippen LogP contribution in [-0.2, 0) is 11.2 Å². The highest BCUT2D eigenvalue weighted by molar-refractivity contribution is 5.78. The first-order valence-corrected chi connectivity index (χ1v) is 6.26. The molecule has 20 heavy (non-hydrogen) atoms. The van der Waals surface area contributed by atoms with Gasteiger partial charge in [-0.3, -0.25) is 9.89 Å². The standard InChI is InChI=1S/C14H17N3O3/c1-20-12-4-2-3-10(7-12)13(18)9-15-14(19)8-11-5-6-16-17-11/h2-7,13,18H,8-9H2,1H3,(H,15,19)(H,16,17). The van der Waals surface area contributed by atoms with Gasteiger partial charge in [-0.05, 0) is 23.8 Å². The number of rotatable bonds is 6. The van der Waals surface area contributed by atoms with Gasteiger partial charge in [-0.25, -0.2) is 0 Å². The number of nitrogens with zero attached hydrogens (tertiary/aromatic N) is 1. The maximum atomic E-state index is 11.7. The number of nitrogens with one attached hydrogen (secondary N) is 2. The van der Waals surface area contributed by atoms with Crippen molar-refractivity contribution in [1.82, 2.24) is 15.5 Å². The molecule has 0 bridgehead atoms. The van der Waals surface area contributed by atoms with Crippen LogP contribution in [0.15, 0.2) is 36.5 Å². The van der Waals surface area contributed by atoms with Crippen molar-refractivity contribution >= 4 is 5.91 Å². The van der Waals surface area contributed by atoms with Crippen LogP contribution in [0.1, 0.15) is 17.4 Å². The highest BCUT2D eigenvalue weighted by atomic mass is 16.5. The van der Waals surface area contributed by atoms with Crippen LogP contribution in [0.5, 0.6) is 5.75 Å². The summed E-state index contributed by atoms with van der Waals surface area (Å²) in [6.07, 6.45) is 1.04. The van der Waals surface area contributed by atoms with Crippen molar-refractivity contribution < 1.29 is 14.6 Å². The summed E-state index contributed by atoms with van der Waals surface area (Å²) in [5.41, 5.74) is 1.43. The van der Waals surface area contributed by atoms with Crippen LogP contribution >= 0.6 is 0 Å². The molecule has 0 fully saturated rings. The molecule has 0 aliphatic heterocycles. The molecule has 1 amide bonds. The number of hydrogen-bond donors (Lipinski definition) is 3. The highest BCUT2D eigenvalue weighted by Gasteiger charge is 2.11. The third kappa shape index (κ3) is 3.83. The molecule has 106 valence electrons. The maximum absolute atomic E-state index is 11.7. The topological polar surface area (TPSA) is 87.2 Å². The molecule has 1 heterocycles. The number of hydrogen-bond acceptors (Lipinski definition) is 4. The summed E-state index contributed by atoms with van der Waals surface area (Å²) in [6, 6.07) is 8.86. The van der Waals surface area contributed by atoms with E-state index < -0.39 is 6.10 Å². The average molecular weight is 275 g/mol. The third-order valence-corrected chi connectivity index (χ3v) is 2.88. The molecule has 0 radical (unpaired) electrons. The Balaban J connectivity index is 1.85. The second-order valence-electron chi connectivity index (χ2n) is 4.36. The minimum absolute atomic E-state index is 0.153. The van der Waals surface area contributed by atoms with Crippen LogP contribution in [0.2, 0.25) is 0 Å². The van der Waals surface area contributed by atoms with Crippen molar-refractivity contribution in [3.05, 3.63) is 47.8 Å². The van der Waals surface area contributed by atoms with Gasteiger partial charge in [-0.1, -0.05) is 12.1 Å². The van der Waals surface area contributed by atoms with Gasteiger partial charge in [0.1, 0.15) is 5.75 Å². The van der Waals surface area contributed by atoms with Gasteiger partial charge in [-0.2, -0.15) is 5.10 Å². The van der Waals surface area contributed by atoms with E-state index in [1.54, 1.807) is 43.6 Å². The van der Waals surface area contributed by atoms with Crippen molar-refractivity contribution in [2.24, 2.45) is 0 Å². The van der Waals surface area contributed by atoms with Gasteiger partial charge < -0.3 is 15.2 Å². The lowest BCUT2D eigenvalue weighted by atomic mass is 10.1. The van der Waals surface area contributed by atoms with Crippen molar-refractivity contribution in [1.29, 1.82) is 0 Å². The van der Waals surface area contributed by atoms with Crippen molar-refractivity contribution in [2.45, 2.75) is 12.5 Å². The van der Waals surface area contributed by atoms with E-state index in [9.17, 15) is 9.90 Å². The molecule has 1 aromatic heterocycles. The van der Waals surface area contributed by atoms with Gasteiger partial charge in [0.15, 0.2) is 0 Å². The normalized spacial score (nSPS) is 11.9. The molecular formula is C14H17N3O3. The molecule has 0 spiro atoms. The van der Waals surface area contributed by atoms with Gasteiger partial charge >= 0.3 is 0 Å². The Kier molecular flexibility index (Phi) is 4.73. The number of aliphatic hydroxyl groups is 1. The van der Waals surface area contributed by atoms with E-state index in [-0.39, 0.29) is 18.9 Å². The summed E-state index contributed by atoms with van der Waals surface area (Å²) in [5.74, 6) is 0.501. The van der Waals surface area contributed by atoms with E-state index in [2.05, 4.69) is 15.5 Å². The molecule has 3 N–H and O–H groups in total. The predicted octanol–water partition coefficient (Wildman–Crippen LogP) is 0.811. The van der Waals surface area contributed by atoms with E-state index in [0.717, 1.165) is 5.69 Å². The molecule has 0 saturated carbocycles. The first-order chi connectivity index (χ1) is 9.69. The third-order valence-electron chi connectivity index (χ3n) is 2.88. The van der Waals surface area contributed by atoms with Crippen molar-refractivity contribution in [3.8, 4) is 5.75 Å². The van der Waals surface area contributed by atoms with Crippen LogP contribution in [-0.4, -0.2) is 34.9 Å². The molecule has 1 atom stereocenters. The highest BCUT2D eigenvalue weighted by Crippen LogP contribution is 2.18. The number of benzene rings is 1. The minimum atomic E-state index is -0.768. The minimum Gasteiger partial charge on any atom is -0.497 e. The van der Waals surface area contributed by atoms with Gasteiger partial charge in [0, 0.05) is 18.4 Å². The van der Waals surface area contributed by atoms with E-state index in [0.29, 0.717) is 11.3 Å². The summed E-state index contributed by atoms with van der Waals surface area (Å²) in [6.45, 7) is 0.153. The molecule has 6 heteroatoms. The zero-order valence-corrected chi connectivity index (χ0v) is 11.2. The van der Waals surface area contributed by atoms with Gasteiger partial charge in [0.05, 0.1) is 19.6 Å². The number of amides is 1. The van der Waals surface area contributed by atoms with Crippen LogP contribution in [0, 0.1) is 0 Å². The smallest absolute Gasteiger partial charge is 0.226 e. The second kappa shape index (κ2) is 6.72. The Morgan fingerprint density at radius 2 is 2.35 bits per heavy atom. The fourth-order valence-electron chi connectivity index (χ4n) is 1.80. The zero-order chi connectivity index (χ0) is 14.4. The van der Waals surface area contributed by atoms with E-state index >= 15 is 0 Å². The lowest BCUT2D eigenvalue weighted by Gasteiger charge is -2.13. The Morgan fingerprint density at radius 1 is 1.50 bits per heavy atom. The first kappa shape index (κ1) is 14.1. The number of aromatic amines is 1. The van der Waals surface area contributed by atoms with E-state index in [1.165, 1.54) is 0 Å². The molecule has 0 saturated heterocycles. The Labute approximate surface area is 116 Å². The van der Waals surface area contributed by atoms with Crippen molar-refractivity contribution in [3.63, 3.8) is 0 Å². The number of H-pyrrole nitrogens is 1. The summed E-state index contributed by atoms with van der Waals surface area (Å²) in [5, 5.41) is 19.2. The fraction of sp³-hybridized carbons (Fsp3) is 0.286. The Morgan fingerprint density at radius 3 is 3.05 bits per heavy atom. The number of carbonyl (C=O) groups is 1. The monoisotopic (exact) mass is 275 g/mol. The van der Waals surface area contributed by atoms with Gasteiger partial charge in [0.25, 0.3) is 0 Å². The molecule has 0 aliphatic carbocycles. The summed E-state index contributed by atoms with van der Waals surface area (Å²) >= 11 is 0. The van der Waals surface area contributed by atoms with Gasteiger partial charge in [-0.15, -0.1) is 0 Å². The Bertz CT molecular complexity index is 555. The maximum Gasteiger partial charge on any atom is 0.226 e. The number of ether oxygens (including phenoxy) is 1. The van der Waals surface area contributed by atoms with E-state index in [4.69, 9.17) is 4.74 Å². The lowest BCUT2D eigenvalue weighted by Crippen LogP contribution is -2.29. The molecule has 0 aliphatic rings. The molecule has 1 unspecified atom stereocenters. The Hall–Kier alpha value is -2.34. The predicted molar refractivity (Wildman–Crippen MR) is 73.3 cm³/mol. The first-order valence-electron chi connectivity index (χ1n) is 6.26. The van der Waals surface area contributed by atoms with Crippen LogP contribution in [0.3, 0.4) is 0 Å². The quantitative estimate of drug-likeness (QED) is 0.728. The molecular weight excluding hydrogens is 258 g/mol. The average Bonchev–Trinajstić information content (AvgIpc) is 2.97. The molecule has 1 aromatic carbocycles. The SMILES string of the molecule is COc1cccc(C(O)CNC(=O)Cc2ccn[nH]2)c1. The second-order valence-corrected chi connectivity index (χ2v) is 4.36. The fourth-order valence-corrected chi connectivity index (χ4v) is 1.80. The van der Waals surface area contributed by atoms with Crippen molar-refractivity contribution in [2.75, 3.05) is 13.7 Å². The largest absolute Gasteiger partial charge is 0.497 e. The molecule has 6 nitrogen and oxygen atoms in total. The summed E-state index contributed by atoms with van der Waals surface area (Å²) < 4.78 is 5.09. The van der Waals surface area contributed by atoms with Crippen LogP contribution in [0.4, 0.5) is 0 Å². The summed E-state index contributed by atoms with van der Waals surface area (Å²) in [4.78, 5) is 11.7. The summed E-state index contributed by atoms with van der Waals surface area (Å²) in [7, 11) is 1.57. The number of aromatic nitrogens is 2. The zero-order valence-electron chi connectivity index (χ0n) is 11.2. The number of methoxy groups -OCH3 is 1. The molecule has 2 aromatic rings. The lowest BCUT2D eigenvalue weighted by molar-refractivity contribution is -0.120.